The first-order chi connectivity index (χ1) is 9.88. The van der Waals surface area contributed by atoms with Gasteiger partial charge in [0.1, 0.15) is 11.3 Å². The zero-order valence-corrected chi connectivity index (χ0v) is 13.0. The predicted octanol–water partition coefficient (Wildman–Crippen LogP) is 3.19. The van der Waals surface area contributed by atoms with Gasteiger partial charge in [-0.1, -0.05) is 26.8 Å². The van der Waals surface area contributed by atoms with Gasteiger partial charge in [-0.3, -0.25) is 14.9 Å². The number of hydrogen-bond donors (Lipinski definition) is 2. The second kappa shape index (κ2) is 7.61. The van der Waals surface area contributed by atoms with Crippen LogP contribution in [-0.2, 0) is 0 Å². The fourth-order valence-electron chi connectivity index (χ4n) is 1.78. The first kappa shape index (κ1) is 16.9. The highest BCUT2D eigenvalue weighted by molar-refractivity contribution is 6.00. The van der Waals surface area contributed by atoms with Crippen LogP contribution < -0.4 is 10.6 Å². The van der Waals surface area contributed by atoms with Crippen LogP contribution in [0, 0.1) is 16.0 Å². The Balaban J connectivity index is 3.11. The van der Waals surface area contributed by atoms with Gasteiger partial charge in [0.05, 0.1) is 4.92 Å². The molecule has 1 unspecified atom stereocenters. The van der Waals surface area contributed by atoms with Crippen LogP contribution in [0.3, 0.4) is 0 Å². The number of nitrogens with one attached hydrogen (secondary N) is 2. The van der Waals surface area contributed by atoms with Crippen molar-refractivity contribution in [2.75, 3.05) is 11.9 Å². The molecule has 0 radical (unpaired) electrons. The van der Waals surface area contributed by atoms with Gasteiger partial charge < -0.3 is 10.6 Å². The molecule has 0 spiro atoms. The maximum absolute atomic E-state index is 12.3. The molecule has 0 aliphatic heterocycles. The van der Waals surface area contributed by atoms with Crippen molar-refractivity contribution in [3.63, 3.8) is 0 Å². The molecule has 1 atom stereocenters. The van der Waals surface area contributed by atoms with Crippen molar-refractivity contribution in [2.24, 2.45) is 5.92 Å². The fraction of sp³-hybridized carbons (Fsp3) is 0.533. The number of nitrogens with zero attached hydrogens (tertiary/aromatic N) is 1. The van der Waals surface area contributed by atoms with Gasteiger partial charge in [0.25, 0.3) is 5.91 Å². The summed E-state index contributed by atoms with van der Waals surface area (Å²) in [5.74, 6) is -0.155. The summed E-state index contributed by atoms with van der Waals surface area (Å²) in [4.78, 5) is 23.1. The highest BCUT2D eigenvalue weighted by Gasteiger charge is 2.25. The topological polar surface area (TPSA) is 84.3 Å². The van der Waals surface area contributed by atoms with E-state index in [0.29, 0.717) is 12.2 Å². The maximum atomic E-state index is 12.3. The molecule has 0 aromatic heterocycles. The summed E-state index contributed by atoms with van der Waals surface area (Å²) in [6.45, 7) is 8.44. The summed E-state index contributed by atoms with van der Waals surface area (Å²) < 4.78 is 0. The molecule has 6 heteroatoms. The molecule has 0 bridgehead atoms. The fourth-order valence-corrected chi connectivity index (χ4v) is 1.78. The van der Waals surface area contributed by atoms with E-state index in [0.717, 1.165) is 6.42 Å². The minimum atomic E-state index is -0.507. The van der Waals surface area contributed by atoms with Gasteiger partial charge in [-0.15, -0.1) is 0 Å². The number of carbonyl (C=O) groups excluding carboxylic acids is 1. The number of nitro benzene ring substituents is 1. The number of carbonyl (C=O) groups is 1. The quantitative estimate of drug-likeness (QED) is 0.597. The highest BCUT2D eigenvalue weighted by Crippen LogP contribution is 2.28. The summed E-state index contributed by atoms with van der Waals surface area (Å²) in [5, 5.41) is 17.1. The molecule has 0 saturated heterocycles. The Morgan fingerprint density at radius 3 is 2.52 bits per heavy atom. The van der Waals surface area contributed by atoms with E-state index in [1.54, 1.807) is 12.1 Å². The van der Waals surface area contributed by atoms with E-state index in [9.17, 15) is 14.9 Å². The summed E-state index contributed by atoms with van der Waals surface area (Å²) in [5.41, 5.74) is 0.305. The van der Waals surface area contributed by atoms with Crippen molar-refractivity contribution in [3.8, 4) is 0 Å². The first-order valence-corrected chi connectivity index (χ1v) is 7.20. The average Bonchev–Trinajstić information content (AvgIpc) is 2.43. The Morgan fingerprint density at radius 1 is 1.33 bits per heavy atom. The Kier molecular flexibility index (Phi) is 6.14. The second-order valence-electron chi connectivity index (χ2n) is 5.39. The van der Waals surface area contributed by atoms with E-state index in [1.807, 2.05) is 27.7 Å². The standard InChI is InChI=1S/C15H23N3O3/c1-5-9-16-13-8-6-7-12(14(13)18(20)21)15(19)17-11(4)10(2)3/h6-8,10-11,16H,5,9H2,1-4H3,(H,17,19). The molecular formula is C15H23N3O3. The number of hydrogen-bond acceptors (Lipinski definition) is 4. The number of rotatable bonds is 7. The van der Waals surface area contributed by atoms with Gasteiger partial charge in [0.15, 0.2) is 0 Å². The minimum absolute atomic E-state index is 0.0515. The predicted molar refractivity (Wildman–Crippen MR) is 83.6 cm³/mol. The number of benzene rings is 1. The van der Waals surface area contributed by atoms with Crippen LogP contribution in [0.2, 0.25) is 0 Å². The molecule has 21 heavy (non-hydrogen) atoms. The molecule has 1 amide bonds. The minimum Gasteiger partial charge on any atom is -0.379 e. The first-order valence-electron chi connectivity index (χ1n) is 7.20. The van der Waals surface area contributed by atoms with Gasteiger partial charge in [-0.2, -0.15) is 0 Å². The van der Waals surface area contributed by atoms with E-state index < -0.39 is 10.8 Å². The molecule has 2 N–H and O–H groups in total. The van der Waals surface area contributed by atoms with Crippen molar-refractivity contribution in [1.29, 1.82) is 0 Å². The molecule has 0 aliphatic carbocycles. The van der Waals surface area contributed by atoms with Gasteiger partial charge in [0.2, 0.25) is 0 Å². The van der Waals surface area contributed by atoms with Crippen molar-refractivity contribution in [1.82, 2.24) is 5.32 Å². The molecule has 0 aliphatic rings. The monoisotopic (exact) mass is 293 g/mol. The lowest BCUT2D eigenvalue weighted by Gasteiger charge is -2.18. The SMILES string of the molecule is CCCNc1cccc(C(=O)NC(C)C(C)C)c1[N+](=O)[O-]. The van der Waals surface area contributed by atoms with Gasteiger partial charge in [-0.25, -0.2) is 0 Å². The lowest BCUT2D eigenvalue weighted by Crippen LogP contribution is -2.36. The van der Waals surface area contributed by atoms with Gasteiger partial charge in [0, 0.05) is 12.6 Å². The van der Waals surface area contributed by atoms with Crippen molar-refractivity contribution in [3.05, 3.63) is 33.9 Å². The highest BCUT2D eigenvalue weighted by atomic mass is 16.6. The summed E-state index contributed by atoms with van der Waals surface area (Å²) in [6, 6.07) is 4.71. The lowest BCUT2D eigenvalue weighted by molar-refractivity contribution is -0.384. The second-order valence-corrected chi connectivity index (χ2v) is 5.39. The third kappa shape index (κ3) is 4.44. The normalized spacial score (nSPS) is 12.0. The third-order valence-corrected chi connectivity index (χ3v) is 3.39. The zero-order valence-electron chi connectivity index (χ0n) is 13.0. The molecule has 0 fully saturated rings. The maximum Gasteiger partial charge on any atom is 0.305 e. The molecule has 1 aromatic rings. The van der Waals surface area contributed by atoms with Gasteiger partial charge in [-0.05, 0) is 31.4 Å². The number of para-hydroxylation sites is 1. The average molecular weight is 293 g/mol. The summed E-state index contributed by atoms with van der Waals surface area (Å²) in [7, 11) is 0. The van der Waals surface area contributed by atoms with Crippen LogP contribution >= 0.6 is 0 Å². The largest absolute Gasteiger partial charge is 0.379 e. The Morgan fingerprint density at radius 2 is 2.00 bits per heavy atom. The van der Waals surface area contributed by atoms with E-state index in [-0.39, 0.29) is 23.2 Å². The van der Waals surface area contributed by atoms with Crippen LogP contribution in [0.5, 0.6) is 0 Å². The molecule has 0 heterocycles. The van der Waals surface area contributed by atoms with Crippen molar-refractivity contribution < 1.29 is 9.72 Å². The number of anilines is 1. The molecule has 1 rings (SSSR count). The van der Waals surface area contributed by atoms with E-state index in [1.165, 1.54) is 6.07 Å². The number of amides is 1. The number of nitro groups is 1. The van der Waals surface area contributed by atoms with Crippen LogP contribution in [0.25, 0.3) is 0 Å². The Bertz CT molecular complexity index is 515. The van der Waals surface area contributed by atoms with E-state index in [4.69, 9.17) is 0 Å². The van der Waals surface area contributed by atoms with Crippen molar-refractivity contribution >= 4 is 17.3 Å². The zero-order chi connectivity index (χ0) is 16.0. The summed E-state index contributed by atoms with van der Waals surface area (Å²) in [6.07, 6.45) is 0.845. The van der Waals surface area contributed by atoms with Crippen LogP contribution in [-0.4, -0.2) is 23.4 Å². The third-order valence-electron chi connectivity index (χ3n) is 3.39. The Labute approximate surface area is 125 Å². The van der Waals surface area contributed by atoms with Crippen molar-refractivity contribution in [2.45, 2.75) is 40.2 Å². The van der Waals surface area contributed by atoms with Crippen LogP contribution in [0.15, 0.2) is 18.2 Å². The molecule has 0 saturated carbocycles. The summed E-state index contributed by atoms with van der Waals surface area (Å²) >= 11 is 0. The lowest BCUT2D eigenvalue weighted by atomic mass is 10.0. The van der Waals surface area contributed by atoms with Crippen LogP contribution in [0.1, 0.15) is 44.5 Å². The van der Waals surface area contributed by atoms with E-state index >= 15 is 0 Å². The molecule has 1 aromatic carbocycles. The smallest absolute Gasteiger partial charge is 0.305 e. The van der Waals surface area contributed by atoms with E-state index in [2.05, 4.69) is 10.6 Å². The molecule has 116 valence electrons. The molecular weight excluding hydrogens is 270 g/mol. The molecule has 6 nitrogen and oxygen atoms in total. The Hall–Kier alpha value is -2.11. The van der Waals surface area contributed by atoms with Crippen LogP contribution in [0.4, 0.5) is 11.4 Å². The van der Waals surface area contributed by atoms with Gasteiger partial charge >= 0.3 is 5.69 Å².